The van der Waals surface area contributed by atoms with Crippen LogP contribution in [0.5, 0.6) is 0 Å². The fraction of sp³-hybridized carbons (Fsp3) is 0.789. The van der Waals surface area contributed by atoms with E-state index in [4.69, 9.17) is 0 Å². The van der Waals surface area contributed by atoms with Crippen LogP contribution in [0.15, 0.2) is 12.2 Å². The first kappa shape index (κ1) is 42.1. The normalized spacial score (nSPS) is 15.2. The molecule has 0 aromatic rings. The average molecular weight is 720 g/mol. The van der Waals surface area contributed by atoms with E-state index in [0.29, 0.717) is 10.6 Å². The first-order valence-electron chi connectivity index (χ1n) is 10.7. The highest BCUT2D eigenvalue weighted by molar-refractivity contribution is 5.98. The number of carbonyl (C=O) groups is 2. The molecule has 26 heteroatoms. The summed E-state index contributed by atoms with van der Waals surface area (Å²) in [5, 5.41) is 1.06. The van der Waals surface area contributed by atoms with Gasteiger partial charge >= 0.3 is 59.2 Å². The molecule has 0 unspecified atom stereocenters. The molecule has 0 saturated carbocycles. The fourth-order valence-electron chi connectivity index (χ4n) is 2.57. The van der Waals surface area contributed by atoms with E-state index in [-0.39, 0.29) is 0 Å². The van der Waals surface area contributed by atoms with Gasteiger partial charge in [0, 0.05) is 5.57 Å². The van der Waals surface area contributed by atoms with Crippen molar-refractivity contribution in [2.75, 3.05) is 26.4 Å². The standard InChI is InChI=1S/C19H14F22N2O2/c1-7(9(45)43-6-13(28,29)17(36,37)19(40,41)15(32,33)11(24,25)4-21)2-8(44)42-5-12(26,27)16(34,35)18(38,39)14(30,31)10(22,23)3-20/h1-6H2,(H,42,44)(H,43,45). The Labute approximate surface area is 234 Å². The minimum absolute atomic E-state index is 0.523. The molecule has 0 radical (unpaired) electrons. The first-order valence-corrected chi connectivity index (χ1v) is 10.7. The van der Waals surface area contributed by atoms with Crippen molar-refractivity contribution in [3.05, 3.63) is 12.2 Å². The summed E-state index contributed by atoms with van der Waals surface area (Å²) in [6, 6.07) is 0. The van der Waals surface area contributed by atoms with E-state index >= 15 is 0 Å². The summed E-state index contributed by atoms with van der Waals surface area (Å²) >= 11 is 0. The van der Waals surface area contributed by atoms with E-state index in [1.165, 1.54) is 0 Å². The zero-order chi connectivity index (χ0) is 36.7. The van der Waals surface area contributed by atoms with E-state index in [0.717, 1.165) is 0 Å². The number of halogens is 22. The zero-order valence-electron chi connectivity index (χ0n) is 20.9. The van der Waals surface area contributed by atoms with Crippen LogP contribution in [-0.2, 0) is 9.59 Å². The zero-order valence-corrected chi connectivity index (χ0v) is 20.9. The van der Waals surface area contributed by atoms with Crippen LogP contribution in [0.1, 0.15) is 6.42 Å². The number of carbonyl (C=O) groups excluding carboxylic acids is 2. The van der Waals surface area contributed by atoms with Crippen molar-refractivity contribution in [3.8, 4) is 0 Å². The van der Waals surface area contributed by atoms with Gasteiger partial charge in [-0.15, -0.1) is 0 Å². The fourth-order valence-corrected chi connectivity index (χ4v) is 2.57. The maximum absolute atomic E-state index is 13.7. The third-order valence-electron chi connectivity index (χ3n) is 5.42. The highest BCUT2D eigenvalue weighted by Crippen LogP contribution is 2.58. The molecule has 0 aromatic heterocycles. The van der Waals surface area contributed by atoms with Crippen molar-refractivity contribution in [1.82, 2.24) is 10.6 Å². The third kappa shape index (κ3) is 6.96. The van der Waals surface area contributed by atoms with Crippen LogP contribution >= 0.6 is 0 Å². The maximum atomic E-state index is 13.7. The van der Waals surface area contributed by atoms with Gasteiger partial charge in [0.25, 0.3) is 0 Å². The van der Waals surface area contributed by atoms with Gasteiger partial charge in [0.05, 0.1) is 19.5 Å². The molecule has 0 spiro atoms. The SMILES string of the molecule is C=C(CC(=O)NCC(F)(F)C(F)(F)C(F)(F)C(F)(F)C(F)(F)CF)C(=O)NCC(F)(F)C(F)(F)C(F)(F)C(F)(F)C(F)(F)CF. The van der Waals surface area contributed by atoms with Gasteiger partial charge in [-0.1, -0.05) is 6.58 Å². The molecule has 0 saturated heterocycles. The molecule has 0 aliphatic carbocycles. The van der Waals surface area contributed by atoms with Gasteiger partial charge in [-0.05, 0) is 0 Å². The third-order valence-corrected chi connectivity index (χ3v) is 5.42. The molecule has 2 N–H and O–H groups in total. The summed E-state index contributed by atoms with van der Waals surface area (Å²) in [6.07, 6.45) is -1.93. The Morgan fingerprint density at radius 1 is 0.444 bits per heavy atom. The predicted molar refractivity (Wildman–Crippen MR) is 101 cm³/mol. The molecule has 0 atom stereocenters. The van der Waals surface area contributed by atoms with Crippen molar-refractivity contribution >= 4 is 11.8 Å². The summed E-state index contributed by atoms with van der Waals surface area (Å²) in [4.78, 5) is 23.1. The average Bonchev–Trinajstić information content (AvgIpc) is 2.89. The Hall–Kier alpha value is -2.86. The summed E-state index contributed by atoms with van der Waals surface area (Å²) in [5.74, 6) is -76.6. The van der Waals surface area contributed by atoms with Crippen LogP contribution in [0.3, 0.4) is 0 Å². The smallest absolute Gasteiger partial charge is 0.350 e. The van der Waals surface area contributed by atoms with E-state index in [1.807, 2.05) is 0 Å². The van der Waals surface area contributed by atoms with Crippen molar-refractivity contribution in [2.45, 2.75) is 65.6 Å². The lowest BCUT2D eigenvalue weighted by Crippen LogP contribution is -2.69. The van der Waals surface area contributed by atoms with Crippen LogP contribution < -0.4 is 10.6 Å². The van der Waals surface area contributed by atoms with Gasteiger partial charge < -0.3 is 10.6 Å². The highest BCUT2D eigenvalue weighted by Gasteiger charge is 2.87. The predicted octanol–water partition coefficient (Wildman–Crippen LogP) is 6.46. The lowest BCUT2D eigenvalue weighted by atomic mass is 9.94. The van der Waals surface area contributed by atoms with E-state index < -0.39 is 109 Å². The second-order valence-electron chi connectivity index (χ2n) is 8.77. The molecular weight excluding hydrogens is 706 g/mol. The number of hydrogen-bond donors (Lipinski definition) is 2. The Balaban J connectivity index is 5.63. The van der Waals surface area contributed by atoms with E-state index in [1.54, 1.807) is 0 Å². The summed E-state index contributed by atoms with van der Waals surface area (Å²) < 4.78 is 290. The van der Waals surface area contributed by atoms with Gasteiger partial charge in [-0.3, -0.25) is 9.59 Å². The Morgan fingerprint density at radius 3 is 1.00 bits per heavy atom. The van der Waals surface area contributed by atoms with Crippen LogP contribution in [0, 0.1) is 0 Å². The molecule has 45 heavy (non-hydrogen) atoms. The van der Waals surface area contributed by atoms with Gasteiger partial charge in [-0.2, -0.15) is 87.8 Å². The molecule has 0 aliphatic heterocycles. The van der Waals surface area contributed by atoms with Crippen LogP contribution in [0.2, 0.25) is 0 Å². The van der Waals surface area contributed by atoms with E-state index in [9.17, 15) is 106 Å². The molecular formula is C19H14F22N2O2. The van der Waals surface area contributed by atoms with E-state index in [2.05, 4.69) is 6.58 Å². The number of alkyl halides is 22. The molecule has 0 aromatic carbocycles. The molecule has 0 aliphatic rings. The second-order valence-corrected chi connectivity index (χ2v) is 8.77. The summed E-state index contributed by atoms with van der Waals surface area (Å²) in [6.45, 7) is -11.3. The van der Waals surface area contributed by atoms with Crippen LogP contribution in [0.25, 0.3) is 0 Å². The lowest BCUT2D eigenvalue weighted by Gasteiger charge is -2.38. The summed E-state index contributed by atoms with van der Waals surface area (Å²) in [7, 11) is 0. The highest BCUT2D eigenvalue weighted by atomic mass is 19.4. The Bertz CT molecular complexity index is 1100. The number of hydrogen-bond acceptors (Lipinski definition) is 2. The van der Waals surface area contributed by atoms with Crippen LogP contribution in [0.4, 0.5) is 96.6 Å². The molecule has 0 fully saturated rings. The number of amides is 2. The molecule has 4 nitrogen and oxygen atoms in total. The minimum atomic E-state index is -7.74. The number of rotatable bonds is 17. The van der Waals surface area contributed by atoms with Gasteiger partial charge in [0.1, 0.15) is 0 Å². The lowest BCUT2D eigenvalue weighted by molar-refractivity contribution is -0.401. The number of nitrogens with one attached hydrogen (secondary N) is 2. The van der Waals surface area contributed by atoms with Crippen molar-refractivity contribution in [3.63, 3.8) is 0 Å². The van der Waals surface area contributed by atoms with Gasteiger partial charge in [0.2, 0.25) is 11.8 Å². The van der Waals surface area contributed by atoms with Crippen LogP contribution in [-0.4, -0.2) is 97.5 Å². The molecule has 0 rings (SSSR count). The van der Waals surface area contributed by atoms with Crippen molar-refractivity contribution in [2.24, 2.45) is 0 Å². The largest absolute Gasteiger partial charge is 0.384 e. The first-order chi connectivity index (χ1) is 19.5. The monoisotopic (exact) mass is 720 g/mol. The summed E-state index contributed by atoms with van der Waals surface area (Å²) in [5.41, 5.74) is -1.62. The molecule has 0 bridgehead atoms. The Morgan fingerprint density at radius 2 is 0.711 bits per heavy atom. The maximum Gasteiger partial charge on any atom is 0.384 e. The van der Waals surface area contributed by atoms with Gasteiger partial charge in [-0.25, -0.2) is 8.78 Å². The van der Waals surface area contributed by atoms with Crippen molar-refractivity contribution in [1.29, 1.82) is 0 Å². The second kappa shape index (κ2) is 12.4. The Kier molecular flexibility index (Phi) is 11.6. The molecule has 266 valence electrons. The topological polar surface area (TPSA) is 58.2 Å². The minimum Gasteiger partial charge on any atom is -0.350 e. The molecule has 2 amide bonds. The quantitative estimate of drug-likeness (QED) is 0.134. The molecule has 0 heterocycles. The van der Waals surface area contributed by atoms with Crippen molar-refractivity contribution < 1.29 is 106 Å². The van der Waals surface area contributed by atoms with Gasteiger partial charge in [0.15, 0.2) is 13.3 Å².